The Hall–Kier alpha value is -1.38. The summed E-state index contributed by atoms with van der Waals surface area (Å²) in [6.45, 7) is 8.69. The van der Waals surface area contributed by atoms with E-state index < -0.39 is 0 Å². The summed E-state index contributed by atoms with van der Waals surface area (Å²) in [5.74, 6) is 0.955. The second kappa shape index (κ2) is 6.38. The van der Waals surface area contributed by atoms with Gasteiger partial charge in [-0.05, 0) is 31.4 Å². The van der Waals surface area contributed by atoms with Crippen LogP contribution in [0.1, 0.15) is 52.9 Å². The summed E-state index contributed by atoms with van der Waals surface area (Å²) < 4.78 is 6.31. The van der Waals surface area contributed by atoms with Crippen molar-refractivity contribution in [2.75, 3.05) is 23.7 Å². The lowest BCUT2D eigenvalue weighted by Crippen LogP contribution is -2.50. The average molecular weight is 276 g/mol. The van der Waals surface area contributed by atoms with E-state index >= 15 is 0 Å². The highest BCUT2D eigenvalue weighted by Crippen LogP contribution is 2.43. The molecule has 0 saturated carbocycles. The van der Waals surface area contributed by atoms with Crippen molar-refractivity contribution in [1.29, 1.82) is 0 Å². The molecule has 1 aliphatic heterocycles. The number of unbranched alkanes of at least 4 members (excludes halogenated alkanes) is 2. The van der Waals surface area contributed by atoms with E-state index in [1.165, 1.54) is 19.3 Å². The van der Waals surface area contributed by atoms with Gasteiger partial charge in [0, 0.05) is 6.54 Å². The quantitative estimate of drug-likeness (QED) is 0.624. The molecule has 112 valence electrons. The summed E-state index contributed by atoms with van der Waals surface area (Å²) in [5.41, 5.74) is 8.05. The molecule has 0 bridgehead atoms. The molecule has 0 spiro atoms. The molecule has 0 aliphatic carbocycles. The third kappa shape index (κ3) is 2.87. The predicted octanol–water partition coefficient (Wildman–Crippen LogP) is 4.22. The van der Waals surface area contributed by atoms with E-state index in [4.69, 9.17) is 10.5 Å². The Kier molecular flexibility index (Phi) is 4.79. The molecule has 1 aromatic carbocycles. The van der Waals surface area contributed by atoms with Crippen molar-refractivity contribution in [3.05, 3.63) is 18.2 Å². The first-order valence-corrected chi connectivity index (χ1v) is 7.98. The van der Waals surface area contributed by atoms with Gasteiger partial charge in [0.15, 0.2) is 0 Å². The molecule has 0 fully saturated rings. The van der Waals surface area contributed by atoms with Crippen LogP contribution in [0.25, 0.3) is 0 Å². The third-order valence-corrected chi connectivity index (χ3v) is 4.47. The van der Waals surface area contributed by atoms with Gasteiger partial charge in [0.1, 0.15) is 17.0 Å². The lowest BCUT2D eigenvalue weighted by Gasteiger charge is -2.44. The first-order chi connectivity index (χ1) is 9.65. The molecular weight excluding hydrogens is 248 g/mol. The number of benzene rings is 1. The maximum absolute atomic E-state index is 6.31. The number of nitrogens with zero attached hydrogens (tertiary/aromatic N) is 1. The highest BCUT2D eigenvalue weighted by Gasteiger charge is 2.37. The van der Waals surface area contributed by atoms with Crippen molar-refractivity contribution < 1.29 is 4.74 Å². The van der Waals surface area contributed by atoms with Gasteiger partial charge in [0.05, 0.1) is 12.2 Å². The summed E-state index contributed by atoms with van der Waals surface area (Å²) in [4.78, 5) is 2.44. The van der Waals surface area contributed by atoms with Crippen LogP contribution in [0.3, 0.4) is 0 Å². The Balaban J connectivity index is 2.29. The Morgan fingerprint density at radius 3 is 2.60 bits per heavy atom. The monoisotopic (exact) mass is 276 g/mol. The van der Waals surface area contributed by atoms with Crippen LogP contribution >= 0.6 is 0 Å². The molecular formula is C17H28N2O. The summed E-state index contributed by atoms with van der Waals surface area (Å²) in [5, 5.41) is 0. The van der Waals surface area contributed by atoms with Gasteiger partial charge in [-0.2, -0.15) is 0 Å². The first-order valence-electron chi connectivity index (χ1n) is 7.98. The van der Waals surface area contributed by atoms with Crippen LogP contribution in [-0.2, 0) is 0 Å². The molecule has 3 heteroatoms. The predicted molar refractivity (Wildman–Crippen MR) is 86.5 cm³/mol. The van der Waals surface area contributed by atoms with Crippen LogP contribution in [0.5, 0.6) is 5.75 Å². The summed E-state index contributed by atoms with van der Waals surface area (Å²) in [6.07, 6.45) is 5.79. The number of nitrogens with two attached hydrogens (primary N) is 1. The van der Waals surface area contributed by atoms with Crippen LogP contribution in [0.15, 0.2) is 18.2 Å². The number of nitrogen functional groups attached to an aromatic ring is 1. The van der Waals surface area contributed by atoms with Gasteiger partial charge in [0.2, 0.25) is 0 Å². The highest BCUT2D eigenvalue weighted by molar-refractivity contribution is 5.76. The van der Waals surface area contributed by atoms with Gasteiger partial charge in [0.25, 0.3) is 0 Å². The Morgan fingerprint density at radius 2 is 1.95 bits per heavy atom. The lowest BCUT2D eigenvalue weighted by molar-refractivity contribution is 0.0575. The van der Waals surface area contributed by atoms with E-state index in [1.807, 2.05) is 12.1 Å². The maximum Gasteiger partial charge on any atom is 0.145 e. The highest BCUT2D eigenvalue weighted by atomic mass is 16.5. The Morgan fingerprint density at radius 1 is 1.20 bits per heavy atom. The van der Waals surface area contributed by atoms with Crippen LogP contribution in [0.2, 0.25) is 0 Å². The van der Waals surface area contributed by atoms with Gasteiger partial charge in [-0.15, -0.1) is 0 Å². The molecule has 0 saturated heterocycles. The lowest BCUT2D eigenvalue weighted by atomic mass is 9.93. The minimum Gasteiger partial charge on any atom is -0.483 e. The van der Waals surface area contributed by atoms with Crippen LogP contribution in [0, 0.1) is 0 Å². The normalized spacial score (nSPS) is 16.6. The van der Waals surface area contributed by atoms with Crippen LogP contribution in [-0.4, -0.2) is 18.7 Å². The standard InChI is InChI=1S/C17H28N2O/c1-4-7-8-12-19-13-17(5-2,6-3)20-15-11-9-10-14(18)16(15)19/h9-11H,4-8,12-13,18H2,1-3H3. The van der Waals surface area contributed by atoms with Gasteiger partial charge < -0.3 is 15.4 Å². The number of hydrogen-bond donors (Lipinski definition) is 1. The molecule has 0 unspecified atom stereocenters. The molecule has 1 aromatic rings. The Bertz CT molecular complexity index is 441. The number of anilines is 2. The maximum atomic E-state index is 6.31. The number of para-hydroxylation sites is 1. The van der Waals surface area contributed by atoms with Crippen molar-refractivity contribution in [2.45, 2.75) is 58.5 Å². The second-order valence-corrected chi connectivity index (χ2v) is 5.81. The van der Waals surface area contributed by atoms with Crippen molar-refractivity contribution >= 4 is 11.4 Å². The Labute approximate surface area is 123 Å². The topological polar surface area (TPSA) is 38.5 Å². The zero-order chi connectivity index (χ0) is 14.6. The number of ether oxygens (including phenoxy) is 1. The van der Waals surface area contributed by atoms with Crippen LogP contribution in [0.4, 0.5) is 11.4 Å². The minimum atomic E-state index is -0.0625. The first kappa shape index (κ1) is 15.0. The SMILES string of the molecule is CCCCCN1CC(CC)(CC)Oc2cccc(N)c21. The smallest absolute Gasteiger partial charge is 0.145 e. The molecule has 2 rings (SSSR count). The van der Waals surface area contributed by atoms with Crippen molar-refractivity contribution in [1.82, 2.24) is 0 Å². The fraction of sp³-hybridized carbons (Fsp3) is 0.647. The van der Waals surface area contributed by atoms with Gasteiger partial charge in [-0.3, -0.25) is 0 Å². The van der Waals surface area contributed by atoms with E-state index in [0.717, 1.165) is 43.1 Å². The average Bonchev–Trinajstić information content (AvgIpc) is 2.47. The van der Waals surface area contributed by atoms with Crippen molar-refractivity contribution in [3.8, 4) is 5.75 Å². The molecule has 0 amide bonds. The summed E-state index contributed by atoms with van der Waals surface area (Å²) in [7, 11) is 0. The molecule has 2 N–H and O–H groups in total. The molecule has 1 heterocycles. The van der Waals surface area contributed by atoms with E-state index in [2.05, 4.69) is 31.7 Å². The number of hydrogen-bond acceptors (Lipinski definition) is 3. The van der Waals surface area contributed by atoms with E-state index in [9.17, 15) is 0 Å². The molecule has 3 nitrogen and oxygen atoms in total. The van der Waals surface area contributed by atoms with E-state index in [-0.39, 0.29) is 5.60 Å². The van der Waals surface area contributed by atoms with Gasteiger partial charge in [-0.25, -0.2) is 0 Å². The molecule has 20 heavy (non-hydrogen) atoms. The fourth-order valence-corrected chi connectivity index (χ4v) is 3.01. The zero-order valence-corrected chi connectivity index (χ0v) is 13.1. The van der Waals surface area contributed by atoms with E-state index in [0.29, 0.717) is 0 Å². The summed E-state index contributed by atoms with van der Waals surface area (Å²) >= 11 is 0. The van der Waals surface area contributed by atoms with Crippen molar-refractivity contribution in [3.63, 3.8) is 0 Å². The molecule has 0 atom stereocenters. The fourth-order valence-electron chi connectivity index (χ4n) is 3.01. The molecule has 0 radical (unpaired) electrons. The second-order valence-electron chi connectivity index (χ2n) is 5.81. The van der Waals surface area contributed by atoms with Gasteiger partial charge in [-0.1, -0.05) is 39.7 Å². The number of fused-ring (bicyclic) bond motifs is 1. The van der Waals surface area contributed by atoms with Crippen molar-refractivity contribution in [2.24, 2.45) is 0 Å². The van der Waals surface area contributed by atoms with Crippen LogP contribution < -0.4 is 15.4 Å². The van der Waals surface area contributed by atoms with Gasteiger partial charge >= 0.3 is 0 Å². The third-order valence-electron chi connectivity index (χ3n) is 4.47. The summed E-state index contributed by atoms with van der Waals surface area (Å²) in [6, 6.07) is 6.01. The minimum absolute atomic E-state index is 0.0625. The van der Waals surface area contributed by atoms with E-state index in [1.54, 1.807) is 0 Å². The molecule has 1 aliphatic rings. The largest absolute Gasteiger partial charge is 0.483 e. The number of rotatable bonds is 6. The molecule has 0 aromatic heterocycles. The zero-order valence-electron chi connectivity index (χ0n) is 13.1.